The van der Waals surface area contributed by atoms with Gasteiger partial charge in [-0.25, -0.2) is 0 Å². The van der Waals surface area contributed by atoms with Gasteiger partial charge in [-0.2, -0.15) is 0 Å². The SMILES string of the molecule is Cc1ccc(C(=O)CCC(=O)N(CCO)C2CC2)s1. The lowest BCUT2D eigenvalue weighted by Gasteiger charge is -2.21. The van der Waals surface area contributed by atoms with Crippen LogP contribution in [0, 0.1) is 6.92 Å². The summed E-state index contributed by atoms with van der Waals surface area (Å²) in [6.45, 7) is 2.33. The van der Waals surface area contributed by atoms with E-state index in [9.17, 15) is 9.59 Å². The van der Waals surface area contributed by atoms with Gasteiger partial charge in [0, 0.05) is 30.3 Å². The summed E-state index contributed by atoms with van der Waals surface area (Å²) >= 11 is 1.47. The number of Topliss-reactive ketones (excluding diaryl/α,β-unsaturated/α-hetero) is 1. The molecule has 0 saturated heterocycles. The number of aryl methyl sites for hydroxylation is 1. The number of rotatable bonds is 7. The van der Waals surface area contributed by atoms with Crippen molar-refractivity contribution in [2.75, 3.05) is 13.2 Å². The maximum atomic E-state index is 12.0. The molecule has 0 aliphatic heterocycles. The van der Waals surface area contributed by atoms with Crippen molar-refractivity contribution < 1.29 is 14.7 Å². The number of amides is 1. The van der Waals surface area contributed by atoms with Crippen LogP contribution in [0.2, 0.25) is 0 Å². The van der Waals surface area contributed by atoms with Crippen LogP contribution < -0.4 is 0 Å². The molecule has 1 aromatic rings. The van der Waals surface area contributed by atoms with Crippen molar-refractivity contribution in [1.29, 1.82) is 0 Å². The van der Waals surface area contributed by atoms with Crippen LogP contribution in [-0.4, -0.2) is 40.9 Å². The van der Waals surface area contributed by atoms with Crippen molar-refractivity contribution in [2.24, 2.45) is 0 Å². The molecule has 104 valence electrons. The smallest absolute Gasteiger partial charge is 0.223 e. The van der Waals surface area contributed by atoms with Crippen LogP contribution in [0.25, 0.3) is 0 Å². The number of carbonyl (C=O) groups is 2. The summed E-state index contributed by atoms with van der Waals surface area (Å²) in [7, 11) is 0. The predicted octanol–water partition coefficient (Wildman–Crippen LogP) is 2.00. The minimum atomic E-state index is -0.0156. The number of carbonyl (C=O) groups excluding carboxylic acids is 2. The average Bonchev–Trinajstić information content (AvgIpc) is 3.14. The normalized spacial score (nSPS) is 14.4. The number of aliphatic hydroxyl groups excluding tert-OH is 1. The number of aliphatic hydroxyl groups is 1. The second-order valence-corrected chi connectivity index (χ2v) is 6.16. The van der Waals surface area contributed by atoms with E-state index in [0.29, 0.717) is 12.6 Å². The van der Waals surface area contributed by atoms with Crippen molar-refractivity contribution in [3.05, 3.63) is 21.9 Å². The van der Waals surface area contributed by atoms with Gasteiger partial charge in [0.25, 0.3) is 0 Å². The fourth-order valence-electron chi connectivity index (χ4n) is 2.08. The van der Waals surface area contributed by atoms with Crippen molar-refractivity contribution in [3.8, 4) is 0 Å². The molecule has 5 heteroatoms. The lowest BCUT2D eigenvalue weighted by Crippen LogP contribution is -2.35. The molecule has 1 aliphatic carbocycles. The molecule has 1 N–H and O–H groups in total. The Kier molecular flexibility index (Phi) is 4.71. The summed E-state index contributed by atoms with van der Waals surface area (Å²) in [5, 5.41) is 8.96. The van der Waals surface area contributed by atoms with Gasteiger partial charge in [0.05, 0.1) is 11.5 Å². The van der Waals surface area contributed by atoms with E-state index < -0.39 is 0 Å². The zero-order valence-corrected chi connectivity index (χ0v) is 11.9. The lowest BCUT2D eigenvalue weighted by molar-refractivity contribution is -0.132. The molecule has 0 bridgehead atoms. The highest BCUT2D eigenvalue weighted by molar-refractivity contribution is 7.14. The molecule has 0 atom stereocenters. The van der Waals surface area contributed by atoms with E-state index in [0.717, 1.165) is 22.6 Å². The molecule has 1 aromatic heterocycles. The van der Waals surface area contributed by atoms with Crippen LogP contribution in [0.15, 0.2) is 12.1 Å². The van der Waals surface area contributed by atoms with Crippen LogP contribution in [0.1, 0.15) is 40.2 Å². The monoisotopic (exact) mass is 281 g/mol. The third kappa shape index (κ3) is 3.88. The van der Waals surface area contributed by atoms with Gasteiger partial charge in [-0.1, -0.05) is 0 Å². The second kappa shape index (κ2) is 6.30. The van der Waals surface area contributed by atoms with Gasteiger partial charge in [0.1, 0.15) is 0 Å². The molecule has 2 rings (SSSR count). The van der Waals surface area contributed by atoms with Gasteiger partial charge >= 0.3 is 0 Å². The molecule has 19 heavy (non-hydrogen) atoms. The molecule has 0 aromatic carbocycles. The Bertz CT molecular complexity index is 465. The maximum Gasteiger partial charge on any atom is 0.223 e. The highest BCUT2D eigenvalue weighted by atomic mass is 32.1. The quantitative estimate of drug-likeness (QED) is 0.778. The first kappa shape index (κ1) is 14.2. The van der Waals surface area contributed by atoms with Gasteiger partial charge in [-0.15, -0.1) is 11.3 Å². The Morgan fingerprint density at radius 3 is 2.63 bits per heavy atom. The number of ketones is 1. The third-order valence-corrected chi connectivity index (χ3v) is 4.27. The summed E-state index contributed by atoms with van der Waals surface area (Å²) < 4.78 is 0. The zero-order chi connectivity index (χ0) is 13.8. The van der Waals surface area contributed by atoms with Crippen molar-refractivity contribution in [3.63, 3.8) is 0 Å². The van der Waals surface area contributed by atoms with E-state index in [1.54, 1.807) is 4.90 Å². The van der Waals surface area contributed by atoms with Crippen molar-refractivity contribution in [1.82, 2.24) is 4.90 Å². The number of hydrogen-bond acceptors (Lipinski definition) is 4. The number of nitrogens with zero attached hydrogens (tertiary/aromatic N) is 1. The summed E-state index contributed by atoms with van der Waals surface area (Å²) in [4.78, 5) is 27.5. The molecular formula is C14H19NO3S. The second-order valence-electron chi connectivity index (χ2n) is 4.88. The van der Waals surface area contributed by atoms with Crippen LogP contribution in [0.5, 0.6) is 0 Å². The minimum absolute atomic E-state index is 0.0136. The standard InChI is InChI=1S/C14H19NO3S/c1-10-2-6-13(19-10)12(17)5-7-14(18)15(8-9-16)11-3-4-11/h2,6,11,16H,3-5,7-9H2,1H3. The van der Waals surface area contributed by atoms with Gasteiger partial charge in [0.15, 0.2) is 5.78 Å². The zero-order valence-electron chi connectivity index (χ0n) is 11.1. The molecule has 1 saturated carbocycles. The van der Waals surface area contributed by atoms with Crippen LogP contribution in [-0.2, 0) is 4.79 Å². The Labute approximate surface area is 117 Å². The molecule has 0 unspecified atom stereocenters. The third-order valence-electron chi connectivity index (χ3n) is 3.23. The number of hydrogen-bond donors (Lipinski definition) is 1. The lowest BCUT2D eigenvalue weighted by atomic mass is 10.1. The average molecular weight is 281 g/mol. The first-order chi connectivity index (χ1) is 9.11. The van der Waals surface area contributed by atoms with E-state index in [1.165, 1.54) is 11.3 Å². The molecule has 1 heterocycles. The Balaban J connectivity index is 1.83. The van der Waals surface area contributed by atoms with Crippen LogP contribution in [0.3, 0.4) is 0 Å². The topological polar surface area (TPSA) is 57.6 Å². The molecule has 0 radical (unpaired) electrons. The fourth-order valence-corrected chi connectivity index (χ4v) is 2.91. The first-order valence-corrected chi connectivity index (χ1v) is 7.43. The molecule has 1 fully saturated rings. The van der Waals surface area contributed by atoms with E-state index in [2.05, 4.69) is 0 Å². The van der Waals surface area contributed by atoms with Crippen molar-refractivity contribution >= 4 is 23.0 Å². The summed E-state index contributed by atoms with van der Waals surface area (Å²) in [6, 6.07) is 4.03. The summed E-state index contributed by atoms with van der Waals surface area (Å²) in [5.74, 6) is 0.0179. The van der Waals surface area contributed by atoms with E-state index in [1.807, 2.05) is 19.1 Å². The Hall–Kier alpha value is -1.20. The van der Waals surface area contributed by atoms with Gasteiger partial charge < -0.3 is 10.0 Å². The molecule has 4 nitrogen and oxygen atoms in total. The van der Waals surface area contributed by atoms with Crippen LogP contribution >= 0.6 is 11.3 Å². The largest absolute Gasteiger partial charge is 0.395 e. The Morgan fingerprint density at radius 2 is 2.11 bits per heavy atom. The highest BCUT2D eigenvalue weighted by Crippen LogP contribution is 2.27. The summed E-state index contributed by atoms with van der Waals surface area (Å²) in [6.07, 6.45) is 2.54. The van der Waals surface area contributed by atoms with E-state index >= 15 is 0 Å². The maximum absolute atomic E-state index is 12.0. The molecule has 1 aliphatic rings. The van der Waals surface area contributed by atoms with Crippen molar-refractivity contribution in [2.45, 2.75) is 38.6 Å². The molecule has 1 amide bonds. The fraction of sp³-hybridized carbons (Fsp3) is 0.571. The van der Waals surface area contributed by atoms with Crippen LogP contribution in [0.4, 0.5) is 0 Å². The van der Waals surface area contributed by atoms with E-state index in [-0.39, 0.29) is 31.1 Å². The minimum Gasteiger partial charge on any atom is -0.395 e. The van der Waals surface area contributed by atoms with E-state index in [4.69, 9.17) is 5.11 Å². The summed E-state index contributed by atoms with van der Waals surface area (Å²) in [5.41, 5.74) is 0. The van der Waals surface area contributed by atoms with Gasteiger partial charge in [-0.05, 0) is 31.9 Å². The predicted molar refractivity (Wildman–Crippen MR) is 74.4 cm³/mol. The highest BCUT2D eigenvalue weighted by Gasteiger charge is 2.31. The molecule has 0 spiro atoms. The Morgan fingerprint density at radius 1 is 1.37 bits per heavy atom. The number of thiophene rings is 1. The van der Waals surface area contributed by atoms with Gasteiger partial charge in [-0.3, -0.25) is 9.59 Å². The molecular weight excluding hydrogens is 262 g/mol. The van der Waals surface area contributed by atoms with Gasteiger partial charge in [0.2, 0.25) is 5.91 Å². The first-order valence-electron chi connectivity index (χ1n) is 6.62.